The molecule has 1 atom stereocenters. The van der Waals surface area contributed by atoms with Gasteiger partial charge in [0.2, 0.25) is 5.95 Å². The molecule has 22 heavy (non-hydrogen) atoms. The molecule has 116 valence electrons. The molecule has 1 aliphatic heterocycles. The number of carbonyl (C=O) groups excluding carboxylic acids is 1. The van der Waals surface area contributed by atoms with E-state index < -0.39 is 5.97 Å². The fraction of sp³-hybridized carbons (Fsp3) is 0.462. The quantitative estimate of drug-likeness (QED) is 0.806. The van der Waals surface area contributed by atoms with Crippen LogP contribution in [0.2, 0.25) is 0 Å². The van der Waals surface area contributed by atoms with Crippen molar-refractivity contribution in [1.82, 2.24) is 25.1 Å². The molecule has 2 aromatic rings. The maximum Gasteiger partial charge on any atom is 0.341 e. The molecule has 1 N–H and O–H groups in total. The molecule has 0 spiro atoms. The SMILES string of the molecule is CCOC(=O)c1cnc(N2CCOC(c3ncn[nH]3)C2)nc1. The van der Waals surface area contributed by atoms with E-state index >= 15 is 0 Å². The van der Waals surface area contributed by atoms with Crippen LogP contribution >= 0.6 is 0 Å². The molecule has 0 bridgehead atoms. The molecular formula is C13H16N6O3. The highest BCUT2D eigenvalue weighted by molar-refractivity contribution is 5.88. The van der Waals surface area contributed by atoms with Crippen molar-refractivity contribution < 1.29 is 14.3 Å². The number of aromatic amines is 1. The smallest absolute Gasteiger partial charge is 0.341 e. The highest BCUT2D eigenvalue weighted by Crippen LogP contribution is 2.21. The van der Waals surface area contributed by atoms with Crippen molar-refractivity contribution in [3.8, 4) is 0 Å². The number of anilines is 1. The fourth-order valence-corrected chi connectivity index (χ4v) is 2.17. The van der Waals surface area contributed by atoms with Gasteiger partial charge >= 0.3 is 5.97 Å². The lowest BCUT2D eigenvalue weighted by Gasteiger charge is -2.31. The van der Waals surface area contributed by atoms with Crippen LogP contribution in [0.5, 0.6) is 0 Å². The van der Waals surface area contributed by atoms with Crippen LogP contribution in [0.3, 0.4) is 0 Å². The van der Waals surface area contributed by atoms with Crippen molar-refractivity contribution in [3.05, 3.63) is 30.1 Å². The van der Waals surface area contributed by atoms with Crippen LogP contribution in [0.1, 0.15) is 29.2 Å². The van der Waals surface area contributed by atoms with Crippen LogP contribution in [-0.2, 0) is 9.47 Å². The number of esters is 1. The molecule has 0 saturated carbocycles. The van der Waals surface area contributed by atoms with Crippen molar-refractivity contribution in [3.63, 3.8) is 0 Å². The van der Waals surface area contributed by atoms with E-state index in [2.05, 4.69) is 25.1 Å². The third kappa shape index (κ3) is 3.03. The van der Waals surface area contributed by atoms with Gasteiger partial charge in [-0.3, -0.25) is 5.10 Å². The second kappa shape index (κ2) is 6.48. The Kier molecular flexibility index (Phi) is 4.24. The summed E-state index contributed by atoms with van der Waals surface area (Å²) in [6.45, 7) is 3.85. The first-order chi connectivity index (χ1) is 10.8. The second-order valence-corrected chi connectivity index (χ2v) is 4.67. The van der Waals surface area contributed by atoms with Gasteiger partial charge in [-0.05, 0) is 6.92 Å². The lowest BCUT2D eigenvalue weighted by atomic mass is 10.2. The van der Waals surface area contributed by atoms with Gasteiger partial charge in [0, 0.05) is 18.9 Å². The summed E-state index contributed by atoms with van der Waals surface area (Å²) in [4.78, 5) is 26.1. The van der Waals surface area contributed by atoms with Gasteiger partial charge in [0.25, 0.3) is 0 Å². The molecule has 3 heterocycles. The van der Waals surface area contributed by atoms with E-state index in [9.17, 15) is 4.79 Å². The largest absolute Gasteiger partial charge is 0.462 e. The van der Waals surface area contributed by atoms with E-state index in [1.54, 1.807) is 6.92 Å². The summed E-state index contributed by atoms with van der Waals surface area (Å²) in [7, 11) is 0. The Morgan fingerprint density at radius 2 is 2.27 bits per heavy atom. The van der Waals surface area contributed by atoms with Gasteiger partial charge in [-0.1, -0.05) is 0 Å². The second-order valence-electron chi connectivity index (χ2n) is 4.67. The average molecular weight is 304 g/mol. The molecule has 0 radical (unpaired) electrons. The van der Waals surface area contributed by atoms with Crippen molar-refractivity contribution in [2.45, 2.75) is 13.0 Å². The molecule has 1 fully saturated rings. The Bertz CT molecular complexity index is 615. The number of aromatic nitrogens is 5. The Morgan fingerprint density at radius 3 is 2.95 bits per heavy atom. The Labute approximate surface area is 126 Å². The normalized spacial score (nSPS) is 18.2. The standard InChI is InChI=1S/C13H16N6O3/c1-2-21-12(20)9-5-14-13(15-6-9)19-3-4-22-10(7-19)11-16-8-17-18-11/h5-6,8,10H,2-4,7H2,1H3,(H,16,17,18). The number of ether oxygens (including phenoxy) is 2. The predicted molar refractivity (Wildman–Crippen MR) is 75.3 cm³/mol. The maximum absolute atomic E-state index is 11.6. The first kappa shape index (κ1) is 14.4. The van der Waals surface area contributed by atoms with Gasteiger partial charge in [-0.2, -0.15) is 5.10 Å². The van der Waals surface area contributed by atoms with Crippen LogP contribution in [0.25, 0.3) is 0 Å². The zero-order valence-electron chi connectivity index (χ0n) is 12.1. The topological polar surface area (TPSA) is 106 Å². The van der Waals surface area contributed by atoms with Gasteiger partial charge in [0.1, 0.15) is 12.4 Å². The Balaban J connectivity index is 1.69. The van der Waals surface area contributed by atoms with Gasteiger partial charge < -0.3 is 14.4 Å². The van der Waals surface area contributed by atoms with E-state index in [4.69, 9.17) is 9.47 Å². The number of H-pyrrole nitrogens is 1. The highest BCUT2D eigenvalue weighted by atomic mass is 16.5. The molecule has 0 aromatic carbocycles. The van der Waals surface area contributed by atoms with E-state index in [0.717, 1.165) is 0 Å². The van der Waals surface area contributed by atoms with E-state index in [-0.39, 0.29) is 6.10 Å². The molecule has 0 amide bonds. The summed E-state index contributed by atoms with van der Waals surface area (Å²) in [5.41, 5.74) is 0.339. The fourth-order valence-electron chi connectivity index (χ4n) is 2.17. The van der Waals surface area contributed by atoms with E-state index in [1.165, 1.54) is 18.7 Å². The van der Waals surface area contributed by atoms with Crippen molar-refractivity contribution in [1.29, 1.82) is 0 Å². The lowest BCUT2D eigenvalue weighted by Crippen LogP contribution is -2.39. The molecule has 0 aliphatic carbocycles. The van der Waals surface area contributed by atoms with Crippen LogP contribution < -0.4 is 4.90 Å². The third-order valence-electron chi connectivity index (χ3n) is 3.24. The summed E-state index contributed by atoms with van der Waals surface area (Å²) in [5, 5.41) is 6.63. The van der Waals surface area contributed by atoms with Crippen LogP contribution in [-0.4, -0.2) is 57.4 Å². The number of hydrogen-bond donors (Lipinski definition) is 1. The summed E-state index contributed by atoms with van der Waals surface area (Å²) in [6.07, 6.45) is 4.19. The van der Waals surface area contributed by atoms with Crippen molar-refractivity contribution in [2.24, 2.45) is 0 Å². The summed E-state index contributed by atoms with van der Waals surface area (Å²) < 4.78 is 10.6. The zero-order chi connectivity index (χ0) is 15.4. The molecule has 9 heteroatoms. The first-order valence-corrected chi connectivity index (χ1v) is 6.99. The first-order valence-electron chi connectivity index (χ1n) is 6.99. The maximum atomic E-state index is 11.6. The van der Waals surface area contributed by atoms with Gasteiger partial charge in [-0.25, -0.2) is 19.7 Å². The summed E-state index contributed by atoms with van der Waals surface area (Å²) >= 11 is 0. The van der Waals surface area contributed by atoms with Gasteiger partial charge in [0.15, 0.2) is 5.82 Å². The lowest BCUT2D eigenvalue weighted by molar-refractivity contribution is 0.0337. The number of rotatable bonds is 4. The summed E-state index contributed by atoms with van der Waals surface area (Å²) in [6, 6.07) is 0. The highest BCUT2D eigenvalue weighted by Gasteiger charge is 2.25. The Morgan fingerprint density at radius 1 is 1.45 bits per heavy atom. The Hall–Kier alpha value is -2.55. The van der Waals surface area contributed by atoms with Crippen LogP contribution in [0.15, 0.2) is 18.7 Å². The predicted octanol–water partition coefficient (Wildman–Crippen LogP) is 0.349. The zero-order valence-corrected chi connectivity index (χ0v) is 12.1. The molecule has 3 rings (SSSR count). The minimum atomic E-state index is -0.421. The molecule has 2 aromatic heterocycles. The number of morpholine rings is 1. The van der Waals surface area contributed by atoms with Crippen LogP contribution in [0.4, 0.5) is 5.95 Å². The van der Waals surface area contributed by atoms with Gasteiger partial charge in [0.05, 0.1) is 25.3 Å². The summed E-state index contributed by atoms with van der Waals surface area (Å²) in [5.74, 6) is 0.796. The molecule has 1 saturated heterocycles. The number of hydrogen-bond acceptors (Lipinski definition) is 8. The third-order valence-corrected chi connectivity index (χ3v) is 3.24. The molecular weight excluding hydrogens is 288 g/mol. The number of nitrogens with zero attached hydrogens (tertiary/aromatic N) is 5. The van der Waals surface area contributed by atoms with Crippen molar-refractivity contribution >= 4 is 11.9 Å². The number of nitrogens with one attached hydrogen (secondary N) is 1. The van der Waals surface area contributed by atoms with Crippen molar-refractivity contribution in [2.75, 3.05) is 31.2 Å². The van der Waals surface area contributed by atoms with E-state index in [0.29, 0.717) is 43.6 Å². The van der Waals surface area contributed by atoms with Gasteiger partial charge in [-0.15, -0.1) is 0 Å². The van der Waals surface area contributed by atoms with Crippen LogP contribution in [0, 0.1) is 0 Å². The molecule has 9 nitrogen and oxygen atoms in total. The average Bonchev–Trinajstić information content (AvgIpc) is 3.10. The minimum Gasteiger partial charge on any atom is -0.462 e. The van der Waals surface area contributed by atoms with E-state index in [1.807, 2.05) is 4.90 Å². The minimum absolute atomic E-state index is 0.204. The molecule has 1 unspecified atom stereocenters. The monoisotopic (exact) mass is 304 g/mol. The number of carbonyl (C=O) groups is 1. The molecule has 1 aliphatic rings.